The summed E-state index contributed by atoms with van der Waals surface area (Å²) < 4.78 is 5.12. The Bertz CT molecular complexity index is 761. The Kier molecular flexibility index (Phi) is 4.71. The maximum Gasteiger partial charge on any atom is 0.253 e. The van der Waals surface area contributed by atoms with Gasteiger partial charge in [-0.25, -0.2) is 0 Å². The molecule has 124 valence electrons. The lowest BCUT2D eigenvalue weighted by atomic mass is 10.2. The van der Waals surface area contributed by atoms with Crippen molar-refractivity contribution in [2.75, 3.05) is 18.6 Å². The Labute approximate surface area is 145 Å². The molecule has 2 amide bonds. The summed E-state index contributed by atoms with van der Waals surface area (Å²) in [5, 5.41) is 3.27. The van der Waals surface area contributed by atoms with E-state index >= 15 is 0 Å². The maximum atomic E-state index is 12.3. The molecule has 24 heavy (non-hydrogen) atoms. The van der Waals surface area contributed by atoms with Crippen molar-refractivity contribution in [3.8, 4) is 5.75 Å². The second-order valence-corrected chi connectivity index (χ2v) is 5.96. The van der Waals surface area contributed by atoms with Crippen molar-refractivity contribution >= 4 is 29.1 Å². The van der Waals surface area contributed by atoms with Crippen molar-refractivity contribution in [2.45, 2.75) is 12.5 Å². The van der Waals surface area contributed by atoms with Gasteiger partial charge in [0.05, 0.1) is 23.7 Å². The molecule has 2 aromatic rings. The van der Waals surface area contributed by atoms with Gasteiger partial charge in [-0.1, -0.05) is 23.7 Å². The topological polar surface area (TPSA) is 58.6 Å². The van der Waals surface area contributed by atoms with Crippen LogP contribution < -0.4 is 15.0 Å². The first-order valence-corrected chi connectivity index (χ1v) is 7.96. The van der Waals surface area contributed by atoms with Crippen LogP contribution in [0, 0.1) is 0 Å². The van der Waals surface area contributed by atoms with Crippen LogP contribution in [-0.2, 0) is 4.79 Å². The van der Waals surface area contributed by atoms with E-state index in [0.717, 1.165) is 11.4 Å². The fourth-order valence-corrected chi connectivity index (χ4v) is 2.95. The molecule has 6 heteroatoms. The average Bonchev–Trinajstić information content (AvgIpc) is 2.95. The molecule has 1 heterocycles. The number of hydrogen-bond acceptors (Lipinski definition) is 3. The molecule has 1 unspecified atom stereocenters. The Morgan fingerprint density at radius 3 is 2.58 bits per heavy atom. The lowest BCUT2D eigenvalue weighted by Crippen LogP contribution is -2.37. The van der Waals surface area contributed by atoms with Crippen LogP contribution in [0.25, 0.3) is 0 Å². The number of hydrogen-bond donors (Lipinski definition) is 1. The first-order valence-electron chi connectivity index (χ1n) is 7.58. The van der Waals surface area contributed by atoms with E-state index in [1.807, 2.05) is 12.1 Å². The average molecular weight is 345 g/mol. The molecule has 1 N–H and O–H groups in total. The van der Waals surface area contributed by atoms with Crippen molar-refractivity contribution < 1.29 is 14.3 Å². The molecule has 0 spiro atoms. The number of benzene rings is 2. The zero-order chi connectivity index (χ0) is 17.1. The first-order chi connectivity index (χ1) is 11.6. The summed E-state index contributed by atoms with van der Waals surface area (Å²) >= 11 is 6.04. The molecule has 1 aliphatic heterocycles. The molecule has 0 radical (unpaired) electrons. The SMILES string of the molecule is COc1ccc(N2CC(NC(=O)c3ccccc3Cl)CC2=O)cc1. The number of methoxy groups -OCH3 is 1. The van der Waals surface area contributed by atoms with Crippen LogP contribution in [0.1, 0.15) is 16.8 Å². The number of amides is 2. The van der Waals surface area contributed by atoms with Gasteiger partial charge in [0.15, 0.2) is 0 Å². The van der Waals surface area contributed by atoms with E-state index in [-0.39, 0.29) is 24.3 Å². The van der Waals surface area contributed by atoms with Crippen LogP contribution >= 0.6 is 11.6 Å². The van der Waals surface area contributed by atoms with Gasteiger partial charge >= 0.3 is 0 Å². The molecule has 0 saturated carbocycles. The van der Waals surface area contributed by atoms with Gasteiger partial charge in [0, 0.05) is 18.7 Å². The molecular formula is C18H17ClN2O3. The van der Waals surface area contributed by atoms with Crippen molar-refractivity contribution in [3.05, 3.63) is 59.1 Å². The molecule has 3 rings (SSSR count). The molecule has 1 saturated heterocycles. The van der Waals surface area contributed by atoms with Crippen molar-refractivity contribution in [1.29, 1.82) is 0 Å². The van der Waals surface area contributed by atoms with Gasteiger partial charge in [-0.3, -0.25) is 9.59 Å². The predicted octanol–water partition coefficient (Wildman–Crippen LogP) is 2.88. The highest BCUT2D eigenvalue weighted by Crippen LogP contribution is 2.24. The van der Waals surface area contributed by atoms with Crippen molar-refractivity contribution in [3.63, 3.8) is 0 Å². The summed E-state index contributed by atoms with van der Waals surface area (Å²) in [6, 6.07) is 13.9. The van der Waals surface area contributed by atoms with Crippen molar-refractivity contribution in [2.24, 2.45) is 0 Å². The molecular weight excluding hydrogens is 328 g/mol. The minimum absolute atomic E-state index is 0.0235. The number of carbonyl (C=O) groups excluding carboxylic acids is 2. The molecule has 1 fully saturated rings. The van der Waals surface area contributed by atoms with Crippen LogP contribution in [0.2, 0.25) is 5.02 Å². The van der Waals surface area contributed by atoms with E-state index in [1.54, 1.807) is 48.4 Å². The largest absolute Gasteiger partial charge is 0.497 e. The van der Waals surface area contributed by atoms with Gasteiger partial charge < -0.3 is 15.0 Å². The maximum absolute atomic E-state index is 12.3. The number of carbonyl (C=O) groups is 2. The summed E-state index contributed by atoms with van der Waals surface area (Å²) in [4.78, 5) is 26.2. The Morgan fingerprint density at radius 1 is 1.21 bits per heavy atom. The normalized spacial score (nSPS) is 17.0. The lowest BCUT2D eigenvalue weighted by molar-refractivity contribution is -0.117. The highest BCUT2D eigenvalue weighted by atomic mass is 35.5. The first kappa shape index (κ1) is 16.3. The fourth-order valence-electron chi connectivity index (χ4n) is 2.72. The number of halogens is 1. The van der Waals surface area contributed by atoms with Crippen LogP contribution in [-0.4, -0.2) is 31.5 Å². The number of nitrogens with zero attached hydrogens (tertiary/aromatic N) is 1. The van der Waals surface area contributed by atoms with Crippen molar-refractivity contribution in [1.82, 2.24) is 5.32 Å². The van der Waals surface area contributed by atoms with Gasteiger partial charge in [0.2, 0.25) is 5.91 Å². The van der Waals surface area contributed by atoms with E-state index in [0.29, 0.717) is 17.1 Å². The van der Waals surface area contributed by atoms with Crippen LogP contribution in [0.15, 0.2) is 48.5 Å². The third-order valence-electron chi connectivity index (χ3n) is 3.96. The summed E-state index contributed by atoms with van der Waals surface area (Å²) in [5.74, 6) is 0.438. The molecule has 5 nitrogen and oxygen atoms in total. The lowest BCUT2D eigenvalue weighted by Gasteiger charge is -2.17. The number of ether oxygens (including phenoxy) is 1. The predicted molar refractivity (Wildman–Crippen MR) is 92.7 cm³/mol. The van der Waals surface area contributed by atoms with E-state index < -0.39 is 0 Å². The molecule has 1 atom stereocenters. The molecule has 2 aromatic carbocycles. The molecule has 0 aliphatic carbocycles. The molecule has 0 bridgehead atoms. The highest BCUT2D eigenvalue weighted by Gasteiger charge is 2.32. The number of anilines is 1. The van der Waals surface area contributed by atoms with Gasteiger partial charge in [-0.15, -0.1) is 0 Å². The molecule has 0 aromatic heterocycles. The summed E-state index contributed by atoms with van der Waals surface area (Å²) in [6.07, 6.45) is 0.266. The van der Waals surface area contributed by atoms with Gasteiger partial charge in [0.1, 0.15) is 5.75 Å². The zero-order valence-corrected chi connectivity index (χ0v) is 13.9. The van der Waals surface area contributed by atoms with Crippen LogP contribution in [0.4, 0.5) is 5.69 Å². The summed E-state index contributed by atoms with van der Waals surface area (Å²) in [5.41, 5.74) is 1.20. The smallest absolute Gasteiger partial charge is 0.253 e. The third kappa shape index (κ3) is 3.36. The van der Waals surface area contributed by atoms with Gasteiger partial charge in [-0.05, 0) is 36.4 Å². The van der Waals surface area contributed by atoms with E-state index in [9.17, 15) is 9.59 Å². The minimum atomic E-state index is -0.269. The summed E-state index contributed by atoms with van der Waals surface area (Å²) in [6.45, 7) is 0.432. The van der Waals surface area contributed by atoms with Gasteiger partial charge in [-0.2, -0.15) is 0 Å². The molecule has 1 aliphatic rings. The third-order valence-corrected chi connectivity index (χ3v) is 4.29. The fraction of sp³-hybridized carbons (Fsp3) is 0.222. The van der Waals surface area contributed by atoms with Crippen LogP contribution in [0.5, 0.6) is 5.75 Å². The Hall–Kier alpha value is -2.53. The second kappa shape index (κ2) is 6.93. The standard InChI is InChI=1S/C18H17ClN2O3/c1-24-14-8-6-13(7-9-14)21-11-12(10-17(21)22)20-18(23)15-4-2-3-5-16(15)19/h2-9,12H,10-11H2,1H3,(H,20,23). The highest BCUT2D eigenvalue weighted by molar-refractivity contribution is 6.33. The van der Waals surface area contributed by atoms with Gasteiger partial charge in [0.25, 0.3) is 5.91 Å². The summed E-state index contributed by atoms with van der Waals surface area (Å²) in [7, 11) is 1.59. The monoisotopic (exact) mass is 344 g/mol. The second-order valence-electron chi connectivity index (χ2n) is 5.56. The van der Waals surface area contributed by atoms with E-state index in [1.165, 1.54) is 0 Å². The zero-order valence-electron chi connectivity index (χ0n) is 13.2. The number of nitrogens with one attached hydrogen (secondary N) is 1. The van der Waals surface area contributed by atoms with Crippen LogP contribution in [0.3, 0.4) is 0 Å². The number of rotatable bonds is 4. The Morgan fingerprint density at radius 2 is 1.92 bits per heavy atom. The quantitative estimate of drug-likeness (QED) is 0.927. The Balaban J connectivity index is 1.68. The minimum Gasteiger partial charge on any atom is -0.497 e. The van der Waals surface area contributed by atoms with E-state index in [4.69, 9.17) is 16.3 Å². The van der Waals surface area contributed by atoms with E-state index in [2.05, 4.69) is 5.32 Å².